The monoisotopic (exact) mass is 335 g/mol. The van der Waals surface area contributed by atoms with Gasteiger partial charge in [-0.3, -0.25) is 10.1 Å². The Kier molecular flexibility index (Phi) is 6.45. The van der Waals surface area contributed by atoms with Crippen LogP contribution in [0.15, 0.2) is 19.6 Å². The van der Waals surface area contributed by atoms with Crippen molar-refractivity contribution in [1.82, 2.24) is 0 Å². The highest BCUT2D eigenvalue weighted by Gasteiger charge is 2.27. The van der Waals surface area contributed by atoms with Gasteiger partial charge in [-0.05, 0) is 12.8 Å². The Morgan fingerprint density at radius 1 is 1.18 bits per heavy atom. The highest BCUT2D eigenvalue weighted by molar-refractivity contribution is 8.05. The minimum absolute atomic E-state index is 0.0331. The smallest absolute Gasteiger partial charge is 0.258 e. The molecule has 0 heterocycles. The number of halogens is 4. The van der Waals surface area contributed by atoms with Crippen LogP contribution in [0.1, 0.15) is 25.7 Å². The van der Waals surface area contributed by atoms with E-state index in [-0.39, 0.29) is 13.9 Å². The standard InChI is InChI=1S/C9H9Cl4NO2S/c10-6(8(11)12)7(14(15)16)9(13)17-5-3-1-2-4-5/h5H,1-4H2/b9-7-. The van der Waals surface area contributed by atoms with E-state index >= 15 is 0 Å². The molecule has 1 fully saturated rings. The van der Waals surface area contributed by atoms with Crippen molar-refractivity contribution in [2.45, 2.75) is 30.9 Å². The number of thioether (sulfide) groups is 1. The van der Waals surface area contributed by atoms with Crippen LogP contribution >= 0.6 is 58.2 Å². The van der Waals surface area contributed by atoms with Crippen LogP contribution in [0, 0.1) is 10.1 Å². The molecule has 0 unspecified atom stereocenters. The highest BCUT2D eigenvalue weighted by Crippen LogP contribution is 2.40. The second kappa shape index (κ2) is 7.10. The lowest BCUT2D eigenvalue weighted by Crippen LogP contribution is -2.03. The molecule has 1 aliphatic rings. The van der Waals surface area contributed by atoms with Gasteiger partial charge >= 0.3 is 5.70 Å². The Morgan fingerprint density at radius 2 is 1.71 bits per heavy atom. The molecule has 0 N–H and O–H groups in total. The zero-order chi connectivity index (χ0) is 13.0. The Labute approximate surface area is 123 Å². The van der Waals surface area contributed by atoms with Gasteiger partial charge in [0.1, 0.15) is 4.49 Å². The van der Waals surface area contributed by atoms with Crippen molar-refractivity contribution in [2.75, 3.05) is 0 Å². The molecular weight excluding hydrogens is 328 g/mol. The Bertz CT molecular complexity index is 373. The molecule has 3 nitrogen and oxygen atoms in total. The predicted octanol–water partition coefficient (Wildman–Crippen LogP) is 5.23. The first kappa shape index (κ1) is 15.4. The summed E-state index contributed by atoms with van der Waals surface area (Å²) in [6, 6.07) is 0. The zero-order valence-electron chi connectivity index (χ0n) is 8.59. The molecule has 96 valence electrons. The van der Waals surface area contributed by atoms with Crippen LogP contribution in [0.3, 0.4) is 0 Å². The third kappa shape index (κ3) is 4.52. The quantitative estimate of drug-likeness (QED) is 0.401. The van der Waals surface area contributed by atoms with Crippen molar-refractivity contribution >= 4 is 58.2 Å². The number of nitrogens with zero attached hydrogens (tertiary/aromatic N) is 1. The van der Waals surface area contributed by atoms with E-state index in [2.05, 4.69) is 0 Å². The summed E-state index contributed by atoms with van der Waals surface area (Å²) in [6.07, 6.45) is 4.24. The molecule has 0 aromatic heterocycles. The minimum Gasteiger partial charge on any atom is -0.258 e. The van der Waals surface area contributed by atoms with Gasteiger partial charge in [-0.15, -0.1) is 11.8 Å². The second-order valence-corrected chi connectivity index (χ2v) is 6.72. The summed E-state index contributed by atoms with van der Waals surface area (Å²) in [5.41, 5.74) is -0.426. The predicted molar refractivity (Wildman–Crippen MR) is 74.3 cm³/mol. The first-order valence-corrected chi connectivity index (χ1v) is 7.24. The van der Waals surface area contributed by atoms with Gasteiger partial charge < -0.3 is 0 Å². The Morgan fingerprint density at radius 3 is 2.12 bits per heavy atom. The third-order valence-electron chi connectivity index (χ3n) is 2.31. The Balaban J connectivity index is 2.94. The maximum absolute atomic E-state index is 10.9. The molecule has 0 bridgehead atoms. The van der Waals surface area contributed by atoms with Crippen LogP contribution in [-0.4, -0.2) is 10.2 Å². The van der Waals surface area contributed by atoms with E-state index in [1.807, 2.05) is 0 Å². The van der Waals surface area contributed by atoms with Gasteiger partial charge in [0, 0.05) is 5.25 Å². The largest absolute Gasteiger partial charge is 0.315 e. The van der Waals surface area contributed by atoms with Crippen LogP contribution in [0.25, 0.3) is 0 Å². The van der Waals surface area contributed by atoms with Gasteiger partial charge in [0.15, 0.2) is 9.40 Å². The molecule has 0 radical (unpaired) electrons. The fourth-order valence-corrected chi connectivity index (χ4v) is 3.67. The average Bonchev–Trinajstić information content (AvgIpc) is 2.69. The normalized spacial score (nSPS) is 17.9. The molecule has 0 saturated heterocycles. The molecule has 1 saturated carbocycles. The molecule has 8 heteroatoms. The molecule has 0 amide bonds. The van der Waals surface area contributed by atoms with E-state index in [0.717, 1.165) is 25.7 Å². The van der Waals surface area contributed by atoms with Gasteiger partial charge in [0.05, 0.1) is 4.92 Å². The summed E-state index contributed by atoms with van der Waals surface area (Å²) in [6.45, 7) is 0. The van der Waals surface area contributed by atoms with E-state index < -0.39 is 10.6 Å². The average molecular weight is 337 g/mol. The molecule has 17 heavy (non-hydrogen) atoms. The zero-order valence-corrected chi connectivity index (χ0v) is 12.4. The SMILES string of the molecule is O=[N+]([O-])/C(C(Cl)=C(Cl)Cl)=C(/Cl)SC1CCCC1. The van der Waals surface area contributed by atoms with Crippen LogP contribution in [0.5, 0.6) is 0 Å². The minimum atomic E-state index is -0.669. The van der Waals surface area contributed by atoms with Gasteiger partial charge in [-0.25, -0.2) is 0 Å². The topological polar surface area (TPSA) is 43.1 Å². The van der Waals surface area contributed by atoms with Gasteiger partial charge in [-0.2, -0.15) is 0 Å². The Hall–Kier alpha value is 0.390. The van der Waals surface area contributed by atoms with Gasteiger partial charge in [0.25, 0.3) is 0 Å². The lowest BCUT2D eigenvalue weighted by Gasteiger charge is -2.07. The van der Waals surface area contributed by atoms with E-state index in [9.17, 15) is 10.1 Å². The van der Waals surface area contributed by atoms with Crippen LogP contribution in [-0.2, 0) is 0 Å². The maximum Gasteiger partial charge on any atom is 0.315 e. The number of nitro groups is 1. The number of hydrogen-bond donors (Lipinski definition) is 0. The molecule has 0 spiro atoms. The lowest BCUT2D eigenvalue weighted by molar-refractivity contribution is -0.419. The molecule has 1 aliphatic carbocycles. The van der Waals surface area contributed by atoms with E-state index in [1.54, 1.807) is 0 Å². The van der Waals surface area contributed by atoms with Crippen molar-refractivity contribution in [1.29, 1.82) is 0 Å². The summed E-state index contributed by atoms with van der Waals surface area (Å²) in [5.74, 6) is 0. The third-order valence-corrected chi connectivity index (χ3v) is 4.91. The van der Waals surface area contributed by atoms with Gasteiger partial charge in [-0.1, -0.05) is 59.2 Å². The summed E-state index contributed by atoms with van der Waals surface area (Å²) >= 11 is 23.7. The fraction of sp³-hybridized carbons (Fsp3) is 0.556. The second-order valence-electron chi connectivity index (χ2n) is 3.48. The maximum atomic E-state index is 10.9. The van der Waals surface area contributed by atoms with Crippen molar-refractivity contribution < 1.29 is 4.92 Å². The number of allylic oxidation sites excluding steroid dienone is 1. The van der Waals surface area contributed by atoms with E-state index in [4.69, 9.17) is 46.4 Å². The molecule has 0 aliphatic heterocycles. The van der Waals surface area contributed by atoms with Crippen molar-refractivity contribution in [2.24, 2.45) is 0 Å². The molecule has 0 aromatic carbocycles. The van der Waals surface area contributed by atoms with Crippen molar-refractivity contribution in [3.63, 3.8) is 0 Å². The van der Waals surface area contributed by atoms with Crippen LogP contribution < -0.4 is 0 Å². The summed E-state index contributed by atoms with van der Waals surface area (Å²) < 4.78 is -0.325. The number of rotatable bonds is 4. The van der Waals surface area contributed by atoms with E-state index in [1.165, 1.54) is 11.8 Å². The van der Waals surface area contributed by atoms with Crippen molar-refractivity contribution in [3.8, 4) is 0 Å². The molecule has 0 atom stereocenters. The summed E-state index contributed by atoms with van der Waals surface area (Å²) in [5, 5.41) is 10.9. The molecule has 1 rings (SSSR count). The molecular formula is C9H9Cl4NO2S. The van der Waals surface area contributed by atoms with Crippen molar-refractivity contribution in [3.05, 3.63) is 29.7 Å². The summed E-state index contributed by atoms with van der Waals surface area (Å²) in [4.78, 5) is 10.2. The lowest BCUT2D eigenvalue weighted by atomic mass is 10.4. The molecule has 0 aromatic rings. The van der Waals surface area contributed by atoms with Gasteiger partial charge in [0.2, 0.25) is 0 Å². The van der Waals surface area contributed by atoms with Crippen LogP contribution in [0.2, 0.25) is 0 Å². The van der Waals surface area contributed by atoms with Crippen LogP contribution in [0.4, 0.5) is 0 Å². The first-order chi connectivity index (χ1) is 7.93. The summed E-state index contributed by atoms with van der Waals surface area (Å²) in [7, 11) is 0. The van der Waals surface area contributed by atoms with E-state index in [0.29, 0.717) is 5.25 Å². The highest BCUT2D eigenvalue weighted by atomic mass is 35.5. The fourth-order valence-electron chi connectivity index (χ4n) is 1.54. The first-order valence-electron chi connectivity index (χ1n) is 4.85. The number of hydrogen-bond acceptors (Lipinski definition) is 3.